The second kappa shape index (κ2) is 6.26. The van der Waals surface area contributed by atoms with E-state index in [1.807, 2.05) is 36.2 Å². The third-order valence-corrected chi connectivity index (χ3v) is 3.29. The molecule has 0 saturated heterocycles. The molecule has 2 aromatic rings. The Kier molecular flexibility index (Phi) is 4.42. The predicted molar refractivity (Wildman–Crippen MR) is 81.0 cm³/mol. The predicted octanol–water partition coefficient (Wildman–Crippen LogP) is 2.73. The van der Waals surface area contributed by atoms with Crippen molar-refractivity contribution in [2.45, 2.75) is 13.5 Å². The number of anilines is 1. The van der Waals surface area contributed by atoms with E-state index in [-0.39, 0.29) is 5.56 Å². The summed E-state index contributed by atoms with van der Waals surface area (Å²) in [7, 11) is 3.45. The molecule has 0 atom stereocenters. The maximum atomic E-state index is 11.4. The molecule has 1 aromatic heterocycles. The number of carboxylic acids is 1. The Bertz CT molecular complexity index is 638. The van der Waals surface area contributed by atoms with Gasteiger partial charge in [0.25, 0.3) is 0 Å². The third-order valence-electron chi connectivity index (χ3n) is 3.29. The number of hydrogen-bond donors (Lipinski definition) is 1. The molecule has 110 valence electrons. The lowest BCUT2D eigenvalue weighted by Crippen LogP contribution is -2.21. The number of hydrogen-bond acceptors (Lipinski definition) is 4. The number of pyridine rings is 1. The van der Waals surface area contributed by atoms with Crippen LogP contribution in [0.2, 0.25) is 0 Å². The van der Waals surface area contributed by atoms with Crippen molar-refractivity contribution in [1.82, 2.24) is 4.98 Å². The summed E-state index contributed by atoms with van der Waals surface area (Å²) >= 11 is 0. The number of aromatic nitrogens is 1. The fourth-order valence-corrected chi connectivity index (χ4v) is 2.18. The van der Waals surface area contributed by atoms with Gasteiger partial charge in [0, 0.05) is 19.8 Å². The van der Waals surface area contributed by atoms with Crippen molar-refractivity contribution < 1.29 is 14.6 Å². The Morgan fingerprint density at radius 1 is 1.29 bits per heavy atom. The van der Waals surface area contributed by atoms with Gasteiger partial charge < -0.3 is 14.7 Å². The molecular formula is C16H18N2O3. The van der Waals surface area contributed by atoms with Gasteiger partial charge in [0.05, 0.1) is 7.11 Å². The number of ether oxygens (including phenoxy) is 1. The molecule has 0 aliphatic carbocycles. The van der Waals surface area contributed by atoms with Gasteiger partial charge in [-0.05, 0) is 36.2 Å². The lowest BCUT2D eigenvalue weighted by Gasteiger charge is -2.21. The van der Waals surface area contributed by atoms with E-state index < -0.39 is 5.97 Å². The highest BCUT2D eigenvalue weighted by Crippen LogP contribution is 2.22. The summed E-state index contributed by atoms with van der Waals surface area (Å²) in [6.45, 7) is 2.34. The number of benzene rings is 1. The maximum Gasteiger partial charge on any atom is 0.339 e. The Labute approximate surface area is 123 Å². The van der Waals surface area contributed by atoms with Crippen molar-refractivity contribution in [2.75, 3.05) is 19.1 Å². The van der Waals surface area contributed by atoms with E-state index in [4.69, 9.17) is 4.74 Å². The van der Waals surface area contributed by atoms with Gasteiger partial charge in [0.1, 0.15) is 17.1 Å². The van der Waals surface area contributed by atoms with E-state index in [0.29, 0.717) is 17.9 Å². The average molecular weight is 286 g/mol. The monoisotopic (exact) mass is 286 g/mol. The first kappa shape index (κ1) is 14.8. The summed E-state index contributed by atoms with van der Waals surface area (Å²) in [5.41, 5.74) is 2.00. The van der Waals surface area contributed by atoms with Gasteiger partial charge >= 0.3 is 5.97 Å². The lowest BCUT2D eigenvalue weighted by atomic mass is 10.1. The van der Waals surface area contributed by atoms with Crippen molar-refractivity contribution in [3.8, 4) is 5.75 Å². The minimum absolute atomic E-state index is 0.244. The second-order valence-corrected chi connectivity index (χ2v) is 4.84. The first-order chi connectivity index (χ1) is 10.0. The van der Waals surface area contributed by atoms with Gasteiger partial charge in [0.2, 0.25) is 0 Å². The van der Waals surface area contributed by atoms with Crippen LogP contribution in [0, 0.1) is 6.92 Å². The minimum Gasteiger partial charge on any atom is -0.497 e. The number of aryl methyl sites for hydroxylation is 1. The van der Waals surface area contributed by atoms with Crippen LogP contribution in [0.4, 0.5) is 5.82 Å². The Balaban J connectivity index is 2.25. The highest BCUT2D eigenvalue weighted by molar-refractivity contribution is 5.94. The van der Waals surface area contributed by atoms with Gasteiger partial charge in [-0.3, -0.25) is 0 Å². The molecule has 0 aliphatic heterocycles. The largest absolute Gasteiger partial charge is 0.497 e. The maximum absolute atomic E-state index is 11.4. The molecule has 2 rings (SSSR count). The first-order valence-electron chi connectivity index (χ1n) is 6.56. The fraction of sp³-hybridized carbons (Fsp3) is 0.250. The van der Waals surface area contributed by atoms with Crippen molar-refractivity contribution in [3.05, 3.63) is 53.2 Å². The zero-order valence-corrected chi connectivity index (χ0v) is 12.3. The Morgan fingerprint density at radius 2 is 1.95 bits per heavy atom. The number of methoxy groups -OCH3 is 1. The number of carboxylic acid groups (broad SMARTS) is 1. The minimum atomic E-state index is -0.961. The summed E-state index contributed by atoms with van der Waals surface area (Å²) in [4.78, 5) is 17.4. The zero-order chi connectivity index (χ0) is 15.4. The van der Waals surface area contributed by atoms with Crippen LogP contribution in [-0.4, -0.2) is 30.2 Å². The summed E-state index contributed by atoms with van der Waals surface area (Å²) in [5.74, 6) is 0.303. The first-order valence-corrected chi connectivity index (χ1v) is 6.56. The van der Waals surface area contributed by atoms with Crippen LogP contribution in [0.15, 0.2) is 36.5 Å². The van der Waals surface area contributed by atoms with Gasteiger partial charge in [-0.1, -0.05) is 12.1 Å². The highest BCUT2D eigenvalue weighted by atomic mass is 16.5. The molecule has 1 aromatic carbocycles. The second-order valence-electron chi connectivity index (χ2n) is 4.84. The van der Waals surface area contributed by atoms with Gasteiger partial charge in [-0.2, -0.15) is 0 Å². The van der Waals surface area contributed by atoms with Crippen LogP contribution in [0.1, 0.15) is 21.5 Å². The van der Waals surface area contributed by atoms with Gasteiger partial charge in [-0.25, -0.2) is 9.78 Å². The van der Waals surface area contributed by atoms with E-state index in [1.54, 1.807) is 26.3 Å². The molecule has 0 unspecified atom stereocenters. The molecule has 5 heteroatoms. The van der Waals surface area contributed by atoms with Crippen LogP contribution in [-0.2, 0) is 6.54 Å². The summed E-state index contributed by atoms with van der Waals surface area (Å²) in [5, 5.41) is 9.35. The number of carbonyl (C=O) groups is 1. The molecule has 1 heterocycles. The SMILES string of the molecule is COc1ccc(CN(C)c2nccc(C)c2C(=O)O)cc1. The van der Waals surface area contributed by atoms with Crippen LogP contribution in [0.25, 0.3) is 0 Å². The molecule has 0 saturated carbocycles. The van der Waals surface area contributed by atoms with Gasteiger partial charge in [0.15, 0.2) is 0 Å². The average Bonchev–Trinajstić information content (AvgIpc) is 2.47. The normalized spacial score (nSPS) is 10.2. The van der Waals surface area contributed by atoms with Crippen LogP contribution >= 0.6 is 0 Å². The molecular weight excluding hydrogens is 268 g/mol. The van der Waals surface area contributed by atoms with Gasteiger partial charge in [-0.15, -0.1) is 0 Å². The smallest absolute Gasteiger partial charge is 0.339 e. The molecule has 0 amide bonds. The zero-order valence-electron chi connectivity index (χ0n) is 12.3. The van der Waals surface area contributed by atoms with E-state index >= 15 is 0 Å². The van der Waals surface area contributed by atoms with E-state index in [1.165, 1.54) is 0 Å². The molecule has 0 spiro atoms. The van der Waals surface area contributed by atoms with E-state index in [0.717, 1.165) is 11.3 Å². The molecule has 0 bridgehead atoms. The quantitative estimate of drug-likeness (QED) is 0.915. The van der Waals surface area contributed by atoms with Crippen molar-refractivity contribution in [3.63, 3.8) is 0 Å². The Morgan fingerprint density at radius 3 is 2.52 bits per heavy atom. The highest BCUT2D eigenvalue weighted by Gasteiger charge is 2.17. The molecule has 0 radical (unpaired) electrons. The van der Waals surface area contributed by atoms with Crippen LogP contribution in [0.3, 0.4) is 0 Å². The topological polar surface area (TPSA) is 62.7 Å². The van der Waals surface area contributed by atoms with E-state index in [9.17, 15) is 9.90 Å². The lowest BCUT2D eigenvalue weighted by molar-refractivity contribution is 0.0696. The van der Waals surface area contributed by atoms with Crippen molar-refractivity contribution in [2.24, 2.45) is 0 Å². The van der Waals surface area contributed by atoms with Crippen molar-refractivity contribution >= 4 is 11.8 Å². The molecule has 0 fully saturated rings. The number of aromatic carboxylic acids is 1. The Hall–Kier alpha value is -2.56. The molecule has 21 heavy (non-hydrogen) atoms. The third kappa shape index (κ3) is 3.31. The molecule has 5 nitrogen and oxygen atoms in total. The molecule has 0 aliphatic rings. The number of nitrogens with zero attached hydrogens (tertiary/aromatic N) is 2. The standard InChI is InChI=1S/C16H18N2O3/c1-11-8-9-17-15(14(11)16(19)20)18(2)10-12-4-6-13(21-3)7-5-12/h4-9H,10H2,1-3H3,(H,19,20). The van der Waals surface area contributed by atoms with Crippen LogP contribution < -0.4 is 9.64 Å². The summed E-state index contributed by atoms with van der Waals surface area (Å²) in [6.07, 6.45) is 1.63. The number of rotatable bonds is 5. The summed E-state index contributed by atoms with van der Waals surface area (Å²) in [6, 6.07) is 9.36. The van der Waals surface area contributed by atoms with Crippen molar-refractivity contribution in [1.29, 1.82) is 0 Å². The molecule has 1 N–H and O–H groups in total. The fourth-order valence-electron chi connectivity index (χ4n) is 2.18. The van der Waals surface area contributed by atoms with E-state index in [2.05, 4.69) is 4.98 Å². The summed E-state index contributed by atoms with van der Waals surface area (Å²) < 4.78 is 5.12. The van der Waals surface area contributed by atoms with Crippen LogP contribution in [0.5, 0.6) is 5.75 Å².